The molecule has 0 amide bonds. The summed E-state index contributed by atoms with van der Waals surface area (Å²) in [7, 11) is 1.90. The number of hydrogen-bond donors (Lipinski definition) is 2. The molecule has 0 heterocycles. The molecule has 0 rings (SSSR count). The van der Waals surface area contributed by atoms with E-state index in [4.69, 9.17) is 0 Å². The van der Waals surface area contributed by atoms with Crippen molar-refractivity contribution in [3.63, 3.8) is 0 Å². The highest BCUT2D eigenvalue weighted by atomic mass is 15.0. The summed E-state index contributed by atoms with van der Waals surface area (Å²) in [6.07, 6.45) is 1.05. The van der Waals surface area contributed by atoms with E-state index in [1.807, 2.05) is 14.0 Å². The van der Waals surface area contributed by atoms with Gasteiger partial charge in [-0.05, 0) is 13.3 Å². The Morgan fingerprint density at radius 1 is 1.42 bits per heavy atom. The van der Waals surface area contributed by atoms with E-state index in [-0.39, 0.29) is 0 Å². The molecule has 2 N–H and O–H groups in total. The third-order valence-electron chi connectivity index (χ3n) is 1.80. The summed E-state index contributed by atoms with van der Waals surface area (Å²) >= 11 is 0. The Morgan fingerprint density at radius 3 is 2.33 bits per heavy atom. The molecular weight excluding hydrogens is 148 g/mol. The molecule has 0 saturated heterocycles. The third-order valence-corrected chi connectivity index (χ3v) is 1.80. The minimum Gasteiger partial charge on any atom is -0.391 e. The van der Waals surface area contributed by atoms with Crippen LogP contribution in [0, 0.1) is 0 Å². The van der Waals surface area contributed by atoms with Crippen molar-refractivity contribution in [2.45, 2.75) is 26.3 Å². The van der Waals surface area contributed by atoms with Crippen molar-refractivity contribution in [3.8, 4) is 0 Å². The van der Waals surface area contributed by atoms with Gasteiger partial charge in [0.1, 0.15) is 0 Å². The number of nitrogens with one attached hydrogen (secondary N) is 2. The quantitative estimate of drug-likeness (QED) is 0.589. The second kappa shape index (κ2) is 5.84. The summed E-state index contributed by atoms with van der Waals surface area (Å²) < 4.78 is 0. The molecule has 0 radical (unpaired) electrons. The van der Waals surface area contributed by atoms with Crippen LogP contribution in [0.1, 0.15) is 20.3 Å². The molecule has 0 saturated carbocycles. The van der Waals surface area contributed by atoms with Gasteiger partial charge in [-0.3, -0.25) is 0 Å². The van der Waals surface area contributed by atoms with E-state index in [9.17, 15) is 0 Å². The van der Waals surface area contributed by atoms with Crippen LogP contribution in [0.25, 0.3) is 0 Å². The van der Waals surface area contributed by atoms with Crippen molar-refractivity contribution in [1.82, 2.24) is 10.6 Å². The monoisotopic (exact) mass is 168 g/mol. The lowest BCUT2D eigenvalue weighted by Crippen LogP contribution is -2.35. The zero-order valence-corrected chi connectivity index (χ0v) is 8.41. The Labute approximate surface area is 75.7 Å². The predicted octanol–water partition coefficient (Wildman–Crippen LogP) is 1.66. The molecule has 0 aliphatic carbocycles. The molecule has 2 nitrogen and oxygen atoms in total. The Bertz CT molecular complexity index is 161. The van der Waals surface area contributed by atoms with Gasteiger partial charge < -0.3 is 10.6 Å². The van der Waals surface area contributed by atoms with Crippen molar-refractivity contribution in [2.24, 2.45) is 0 Å². The maximum Gasteiger partial charge on any atom is 0.0463 e. The molecule has 0 aromatic carbocycles. The first-order valence-corrected chi connectivity index (χ1v) is 4.36. The van der Waals surface area contributed by atoms with Crippen molar-refractivity contribution >= 4 is 0 Å². The molecule has 0 aliphatic rings. The molecule has 1 atom stereocenters. The average molecular weight is 168 g/mol. The van der Waals surface area contributed by atoms with Crippen LogP contribution in [-0.2, 0) is 0 Å². The fraction of sp³-hybridized carbons (Fsp3) is 0.600. The van der Waals surface area contributed by atoms with E-state index in [1.165, 1.54) is 0 Å². The van der Waals surface area contributed by atoms with Gasteiger partial charge in [-0.1, -0.05) is 25.7 Å². The third kappa shape index (κ3) is 4.19. The van der Waals surface area contributed by atoms with Crippen LogP contribution in [0.15, 0.2) is 24.4 Å². The first-order chi connectivity index (χ1) is 5.61. The highest BCUT2D eigenvalue weighted by molar-refractivity contribution is 5.04. The van der Waals surface area contributed by atoms with Gasteiger partial charge in [-0.15, -0.1) is 0 Å². The lowest BCUT2D eigenvalue weighted by atomic mass is 10.1. The summed E-state index contributed by atoms with van der Waals surface area (Å²) in [6.45, 7) is 12.8. The fourth-order valence-electron chi connectivity index (χ4n) is 0.986. The molecular formula is C10H20N2. The van der Waals surface area contributed by atoms with Gasteiger partial charge in [0, 0.05) is 25.3 Å². The Kier molecular flexibility index (Phi) is 5.47. The highest BCUT2D eigenvalue weighted by Gasteiger charge is 2.06. The van der Waals surface area contributed by atoms with Crippen LogP contribution in [0.2, 0.25) is 0 Å². The topological polar surface area (TPSA) is 24.1 Å². The molecule has 2 heteroatoms. The first-order valence-electron chi connectivity index (χ1n) is 4.36. The maximum atomic E-state index is 3.92. The lowest BCUT2D eigenvalue weighted by Gasteiger charge is -2.19. The highest BCUT2D eigenvalue weighted by Crippen LogP contribution is 2.00. The van der Waals surface area contributed by atoms with Crippen molar-refractivity contribution in [1.29, 1.82) is 0 Å². The average Bonchev–Trinajstić information content (AvgIpc) is 2.04. The molecule has 12 heavy (non-hydrogen) atoms. The van der Waals surface area contributed by atoms with Gasteiger partial charge >= 0.3 is 0 Å². The molecule has 70 valence electrons. The lowest BCUT2D eigenvalue weighted by molar-refractivity contribution is 0.558. The van der Waals surface area contributed by atoms with Gasteiger partial charge in [0.05, 0.1) is 0 Å². The molecule has 0 aromatic rings. The minimum absolute atomic E-state index is 0.353. The predicted molar refractivity (Wildman–Crippen MR) is 55.1 cm³/mol. The van der Waals surface area contributed by atoms with Gasteiger partial charge in [-0.25, -0.2) is 0 Å². The number of rotatable bonds is 6. The van der Waals surface area contributed by atoms with Crippen LogP contribution < -0.4 is 10.6 Å². The SMILES string of the molecule is C=C(C)CNC(CC)C(=C)NC. The number of likely N-dealkylation sites (N-methyl/N-ethyl adjacent to an activating group) is 1. The maximum absolute atomic E-state index is 3.92. The van der Waals surface area contributed by atoms with E-state index in [0.29, 0.717) is 6.04 Å². The van der Waals surface area contributed by atoms with Crippen LogP contribution in [0.4, 0.5) is 0 Å². The van der Waals surface area contributed by atoms with E-state index < -0.39 is 0 Å². The van der Waals surface area contributed by atoms with Crippen LogP contribution in [0.3, 0.4) is 0 Å². The normalized spacial score (nSPS) is 12.2. The first kappa shape index (κ1) is 11.2. The van der Waals surface area contributed by atoms with Crippen molar-refractivity contribution in [3.05, 3.63) is 24.4 Å². The minimum atomic E-state index is 0.353. The molecule has 0 aliphatic heterocycles. The van der Waals surface area contributed by atoms with Crippen LogP contribution >= 0.6 is 0 Å². The summed E-state index contributed by atoms with van der Waals surface area (Å²) in [6, 6.07) is 0.353. The summed E-state index contributed by atoms with van der Waals surface area (Å²) in [5.41, 5.74) is 2.19. The zero-order valence-electron chi connectivity index (χ0n) is 8.41. The second-order valence-electron chi connectivity index (χ2n) is 3.07. The summed E-state index contributed by atoms with van der Waals surface area (Å²) in [5.74, 6) is 0. The van der Waals surface area contributed by atoms with Crippen molar-refractivity contribution < 1.29 is 0 Å². The van der Waals surface area contributed by atoms with E-state index >= 15 is 0 Å². The fourth-order valence-corrected chi connectivity index (χ4v) is 0.986. The summed E-state index contributed by atoms with van der Waals surface area (Å²) in [4.78, 5) is 0. The summed E-state index contributed by atoms with van der Waals surface area (Å²) in [5, 5.41) is 6.41. The standard InChI is InChI=1S/C10H20N2/c1-6-10(9(4)11-5)12-7-8(2)3/h10-12H,2,4,6-7H2,1,3,5H3. The Balaban J connectivity index is 3.83. The molecule has 1 unspecified atom stereocenters. The van der Waals surface area contributed by atoms with Crippen LogP contribution in [-0.4, -0.2) is 19.6 Å². The van der Waals surface area contributed by atoms with Crippen molar-refractivity contribution in [2.75, 3.05) is 13.6 Å². The molecule has 0 bridgehead atoms. The van der Waals surface area contributed by atoms with E-state index in [1.54, 1.807) is 0 Å². The second-order valence-corrected chi connectivity index (χ2v) is 3.07. The Morgan fingerprint density at radius 2 is 2.00 bits per heavy atom. The van der Waals surface area contributed by atoms with Gasteiger partial charge in [0.15, 0.2) is 0 Å². The van der Waals surface area contributed by atoms with E-state index in [0.717, 1.165) is 24.2 Å². The molecule has 0 aromatic heterocycles. The Hall–Kier alpha value is -0.760. The van der Waals surface area contributed by atoms with Crippen LogP contribution in [0.5, 0.6) is 0 Å². The van der Waals surface area contributed by atoms with E-state index in [2.05, 4.69) is 30.7 Å². The zero-order chi connectivity index (χ0) is 9.56. The van der Waals surface area contributed by atoms with Gasteiger partial charge in [0.2, 0.25) is 0 Å². The van der Waals surface area contributed by atoms with Gasteiger partial charge in [0.25, 0.3) is 0 Å². The number of hydrogen-bond acceptors (Lipinski definition) is 2. The largest absolute Gasteiger partial charge is 0.391 e. The van der Waals surface area contributed by atoms with Gasteiger partial charge in [-0.2, -0.15) is 0 Å². The smallest absolute Gasteiger partial charge is 0.0463 e. The molecule has 0 spiro atoms. The molecule has 0 fully saturated rings.